The second-order valence-electron chi connectivity index (χ2n) is 5.96. The largest absolute Gasteiger partial charge is 0.369 e. The molecule has 3 N–H and O–H groups in total. The Labute approximate surface area is 158 Å². The van der Waals surface area contributed by atoms with Crippen molar-refractivity contribution in [3.63, 3.8) is 0 Å². The molecule has 7 nitrogen and oxygen atoms in total. The first kappa shape index (κ1) is 18.3. The van der Waals surface area contributed by atoms with Crippen molar-refractivity contribution in [2.45, 2.75) is 33.7 Å². The first-order chi connectivity index (χ1) is 12.3. The van der Waals surface area contributed by atoms with Crippen LogP contribution >= 0.6 is 22.7 Å². The smallest absolute Gasteiger partial charge is 0.246 e. The maximum Gasteiger partial charge on any atom is 0.246 e. The van der Waals surface area contributed by atoms with Crippen molar-refractivity contribution >= 4 is 39.6 Å². The number of aromatic nitrogens is 3. The molecule has 3 aromatic heterocycles. The van der Waals surface area contributed by atoms with Gasteiger partial charge in [-0.2, -0.15) is 0 Å². The summed E-state index contributed by atoms with van der Waals surface area (Å²) in [6, 6.07) is 2.05. The molecule has 136 valence electrons. The fourth-order valence-corrected chi connectivity index (χ4v) is 4.06. The lowest BCUT2D eigenvalue weighted by Crippen LogP contribution is -2.20. The number of nitrogens with one attached hydrogen (secondary N) is 1. The minimum atomic E-state index is -0.448. The van der Waals surface area contributed by atoms with Crippen LogP contribution in [0.3, 0.4) is 0 Å². The summed E-state index contributed by atoms with van der Waals surface area (Å²) in [4.78, 5) is 32.1. The van der Waals surface area contributed by atoms with Crippen LogP contribution in [0.5, 0.6) is 0 Å². The Kier molecular flexibility index (Phi) is 5.19. The van der Waals surface area contributed by atoms with Crippen LogP contribution < -0.4 is 11.1 Å². The van der Waals surface area contributed by atoms with Gasteiger partial charge in [0, 0.05) is 27.7 Å². The Morgan fingerprint density at radius 1 is 1.19 bits per heavy atom. The molecule has 3 heterocycles. The van der Waals surface area contributed by atoms with Crippen molar-refractivity contribution in [3.05, 3.63) is 38.9 Å². The molecular weight excluding hydrogens is 370 g/mol. The highest BCUT2D eigenvalue weighted by Crippen LogP contribution is 2.28. The van der Waals surface area contributed by atoms with E-state index in [-0.39, 0.29) is 18.9 Å². The van der Waals surface area contributed by atoms with Crippen molar-refractivity contribution < 1.29 is 9.59 Å². The van der Waals surface area contributed by atoms with Crippen molar-refractivity contribution in [2.24, 2.45) is 5.73 Å². The highest BCUT2D eigenvalue weighted by molar-refractivity contribution is 7.14. The first-order valence-electron chi connectivity index (χ1n) is 7.95. The highest BCUT2D eigenvalue weighted by Gasteiger charge is 2.16. The second-order valence-corrected chi connectivity index (χ2v) is 7.88. The third-order valence-electron chi connectivity index (χ3n) is 3.92. The van der Waals surface area contributed by atoms with Crippen LogP contribution in [0.25, 0.3) is 11.3 Å². The Morgan fingerprint density at radius 3 is 2.62 bits per heavy atom. The predicted octanol–water partition coefficient (Wildman–Crippen LogP) is 2.66. The molecular formula is C17H19N5O2S2. The molecule has 0 aliphatic rings. The molecule has 26 heavy (non-hydrogen) atoms. The lowest BCUT2D eigenvalue weighted by Gasteiger charge is -2.09. The number of nitrogens with two attached hydrogens (primary N) is 1. The number of aryl methyl sites for hydroxylation is 2. The van der Waals surface area contributed by atoms with Gasteiger partial charge in [-0.05, 0) is 26.8 Å². The number of carbonyl (C=O) groups is 2. The average molecular weight is 390 g/mol. The molecule has 0 saturated carbocycles. The van der Waals surface area contributed by atoms with E-state index in [1.54, 1.807) is 16.7 Å². The highest BCUT2D eigenvalue weighted by atomic mass is 32.1. The van der Waals surface area contributed by atoms with Crippen molar-refractivity contribution in [2.75, 3.05) is 5.32 Å². The van der Waals surface area contributed by atoms with Gasteiger partial charge in [0.1, 0.15) is 6.54 Å². The zero-order valence-corrected chi connectivity index (χ0v) is 16.3. The number of anilines is 1. The van der Waals surface area contributed by atoms with E-state index in [0.717, 1.165) is 27.7 Å². The molecule has 0 bridgehead atoms. The molecule has 0 aliphatic heterocycles. The van der Waals surface area contributed by atoms with Gasteiger partial charge in [0.2, 0.25) is 11.8 Å². The molecule has 0 aromatic carbocycles. The SMILES string of the molecule is Cc1nc(-c2cc(C)n(CC(=O)Nc3nc(CC(N)=O)cs3)c2C)cs1. The van der Waals surface area contributed by atoms with Gasteiger partial charge in [0.25, 0.3) is 0 Å². The molecule has 2 amide bonds. The first-order valence-corrected chi connectivity index (χ1v) is 9.71. The fraction of sp³-hybridized carbons (Fsp3) is 0.294. The average Bonchev–Trinajstić information content (AvgIpc) is 3.23. The molecule has 0 unspecified atom stereocenters. The summed E-state index contributed by atoms with van der Waals surface area (Å²) in [7, 11) is 0. The van der Waals surface area contributed by atoms with E-state index in [1.165, 1.54) is 11.3 Å². The number of primary amides is 1. The summed E-state index contributed by atoms with van der Waals surface area (Å²) in [5.74, 6) is -0.621. The van der Waals surface area contributed by atoms with Gasteiger partial charge in [0.05, 0.1) is 22.8 Å². The Balaban J connectivity index is 1.72. The number of hydrogen-bond donors (Lipinski definition) is 2. The van der Waals surface area contributed by atoms with Gasteiger partial charge < -0.3 is 15.6 Å². The van der Waals surface area contributed by atoms with E-state index < -0.39 is 5.91 Å². The van der Waals surface area contributed by atoms with Gasteiger partial charge in [-0.1, -0.05) is 0 Å². The van der Waals surface area contributed by atoms with Crippen LogP contribution in [0.2, 0.25) is 0 Å². The van der Waals surface area contributed by atoms with Crippen LogP contribution in [0.1, 0.15) is 22.1 Å². The van der Waals surface area contributed by atoms with Crippen LogP contribution in [0.15, 0.2) is 16.8 Å². The van der Waals surface area contributed by atoms with Gasteiger partial charge in [0.15, 0.2) is 5.13 Å². The molecule has 0 saturated heterocycles. The Morgan fingerprint density at radius 2 is 1.96 bits per heavy atom. The number of amides is 2. The van der Waals surface area contributed by atoms with Gasteiger partial charge in [-0.15, -0.1) is 22.7 Å². The van der Waals surface area contributed by atoms with E-state index in [4.69, 9.17) is 5.73 Å². The van der Waals surface area contributed by atoms with Crippen molar-refractivity contribution in [3.8, 4) is 11.3 Å². The van der Waals surface area contributed by atoms with Crippen molar-refractivity contribution in [1.29, 1.82) is 0 Å². The maximum atomic E-state index is 12.4. The minimum Gasteiger partial charge on any atom is -0.369 e. The van der Waals surface area contributed by atoms with E-state index in [2.05, 4.69) is 15.3 Å². The Bertz CT molecular complexity index is 970. The summed E-state index contributed by atoms with van der Waals surface area (Å²) in [5, 5.41) is 7.99. The lowest BCUT2D eigenvalue weighted by atomic mass is 10.2. The van der Waals surface area contributed by atoms with E-state index in [0.29, 0.717) is 10.8 Å². The van der Waals surface area contributed by atoms with Gasteiger partial charge in [-0.25, -0.2) is 9.97 Å². The minimum absolute atomic E-state index is 0.0681. The summed E-state index contributed by atoms with van der Waals surface area (Å²) < 4.78 is 1.96. The molecule has 0 spiro atoms. The van der Waals surface area contributed by atoms with Crippen LogP contribution in [0.4, 0.5) is 5.13 Å². The second kappa shape index (κ2) is 7.38. The number of hydrogen-bond acceptors (Lipinski definition) is 6. The fourth-order valence-electron chi connectivity index (χ4n) is 2.72. The molecule has 0 aliphatic carbocycles. The normalized spacial score (nSPS) is 10.9. The number of thiazole rings is 2. The van der Waals surface area contributed by atoms with Gasteiger partial charge >= 0.3 is 0 Å². The monoisotopic (exact) mass is 389 g/mol. The van der Waals surface area contributed by atoms with E-state index in [9.17, 15) is 9.59 Å². The lowest BCUT2D eigenvalue weighted by molar-refractivity contribution is -0.117. The third-order valence-corrected chi connectivity index (χ3v) is 5.50. The Hall–Kier alpha value is -2.52. The molecule has 0 radical (unpaired) electrons. The third kappa shape index (κ3) is 4.00. The molecule has 0 fully saturated rings. The molecule has 9 heteroatoms. The number of nitrogens with zero attached hydrogens (tertiary/aromatic N) is 3. The predicted molar refractivity (Wildman–Crippen MR) is 103 cm³/mol. The standard InChI is InChI=1S/C17H19N5O2S2/c1-9-4-13(14-8-25-11(3)19-14)10(2)22(9)6-16(24)21-17-20-12(7-26-17)5-15(18)23/h4,7-8H,5-6H2,1-3H3,(H2,18,23)(H,20,21,24). The van der Waals surface area contributed by atoms with Crippen LogP contribution in [0, 0.1) is 20.8 Å². The van der Waals surface area contributed by atoms with Crippen LogP contribution in [-0.2, 0) is 22.6 Å². The summed E-state index contributed by atoms with van der Waals surface area (Å²) >= 11 is 2.88. The summed E-state index contributed by atoms with van der Waals surface area (Å²) in [6.45, 7) is 6.11. The quantitative estimate of drug-likeness (QED) is 0.676. The molecule has 3 rings (SSSR count). The number of carbonyl (C=O) groups excluding carboxylic acids is 2. The molecule has 3 aromatic rings. The molecule has 0 atom stereocenters. The zero-order valence-electron chi connectivity index (χ0n) is 14.7. The van der Waals surface area contributed by atoms with Crippen molar-refractivity contribution in [1.82, 2.24) is 14.5 Å². The topological polar surface area (TPSA) is 103 Å². The van der Waals surface area contributed by atoms with E-state index >= 15 is 0 Å². The van der Waals surface area contributed by atoms with Gasteiger partial charge in [-0.3, -0.25) is 9.59 Å². The number of rotatable bonds is 6. The maximum absolute atomic E-state index is 12.4. The van der Waals surface area contributed by atoms with E-state index in [1.807, 2.05) is 36.8 Å². The summed E-state index contributed by atoms with van der Waals surface area (Å²) in [6.07, 6.45) is 0.0681. The summed E-state index contributed by atoms with van der Waals surface area (Å²) in [5.41, 5.74) is 9.68. The van der Waals surface area contributed by atoms with Crippen LogP contribution in [-0.4, -0.2) is 26.3 Å². The zero-order chi connectivity index (χ0) is 18.8.